The van der Waals surface area contributed by atoms with Crippen LogP contribution in [0.1, 0.15) is 17.2 Å². The molecule has 1 saturated heterocycles. The van der Waals surface area contributed by atoms with Gasteiger partial charge in [0.05, 0.1) is 27.4 Å². The summed E-state index contributed by atoms with van der Waals surface area (Å²) >= 11 is 0. The van der Waals surface area contributed by atoms with Crippen LogP contribution in [0, 0.1) is 0 Å². The molecule has 0 spiro atoms. The molecule has 116 valence electrons. The Hall–Kier alpha value is -1.63. The maximum absolute atomic E-state index is 11.4. The lowest BCUT2D eigenvalue weighted by Crippen LogP contribution is -2.35. The average Bonchev–Trinajstić information content (AvgIpc) is 2.54. The first-order valence-corrected chi connectivity index (χ1v) is 6.88. The van der Waals surface area contributed by atoms with Gasteiger partial charge in [0.15, 0.2) is 6.10 Å². The van der Waals surface area contributed by atoms with E-state index in [4.69, 9.17) is 9.47 Å². The lowest BCUT2D eigenvalue weighted by molar-refractivity contribution is -0.150. The van der Waals surface area contributed by atoms with Crippen molar-refractivity contribution < 1.29 is 24.1 Å². The molecule has 0 aliphatic carbocycles. The highest BCUT2D eigenvalue weighted by Crippen LogP contribution is 2.25. The van der Waals surface area contributed by atoms with Gasteiger partial charge in [-0.15, -0.1) is 0 Å². The third kappa shape index (κ3) is 3.93. The molecule has 0 saturated carbocycles. The van der Waals surface area contributed by atoms with E-state index in [1.54, 1.807) is 25.3 Å². The Labute approximate surface area is 124 Å². The summed E-state index contributed by atoms with van der Waals surface area (Å²) < 4.78 is 15.2. The summed E-state index contributed by atoms with van der Waals surface area (Å²) in [5.74, 6) is 0.0693. The molecule has 0 bridgehead atoms. The van der Waals surface area contributed by atoms with Gasteiger partial charge in [-0.25, -0.2) is 4.79 Å². The first kappa shape index (κ1) is 15.8. The number of esters is 1. The molecule has 6 heteroatoms. The summed E-state index contributed by atoms with van der Waals surface area (Å²) in [7, 11) is 2.86. The van der Waals surface area contributed by atoms with Crippen LogP contribution in [0.3, 0.4) is 0 Å². The number of hydrogen-bond acceptors (Lipinski definition) is 6. The van der Waals surface area contributed by atoms with Crippen molar-refractivity contribution in [3.63, 3.8) is 0 Å². The summed E-state index contributed by atoms with van der Waals surface area (Å²) in [6.07, 6.45) is -1.27. The lowest BCUT2D eigenvalue weighted by atomic mass is 10.0. The second kappa shape index (κ2) is 7.40. The number of aliphatic hydroxyl groups is 1. The zero-order chi connectivity index (χ0) is 15.2. The molecular weight excluding hydrogens is 274 g/mol. The van der Waals surface area contributed by atoms with Gasteiger partial charge in [0.2, 0.25) is 0 Å². The minimum Gasteiger partial charge on any atom is -0.496 e. The summed E-state index contributed by atoms with van der Waals surface area (Å²) in [6, 6.07) is 5.22. The van der Waals surface area contributed by atoms with Gasteiger partial charge in [0.1, 0.15) is 5.75 Å². The largest absolute Gasteiger partial charge is 0.496 e. The summed E-state index contributed by atoms with van der Waals surface area (Å²) in [4.78, 5) is 13.7. The minimum atomic E-state index is -1.27. The second-order valence-corrected chi connectivity index (χ2v) is 4.89. The van der Waals surface area contributed by atoms with Crippen LogP contribution < -0.4 is 4.74 Å². The average molecular weight is 295 g/mol. The Kier molecular flexibility index (Phi) is 5.55. The smallest absolute Gasteiger partial charge is 0.339 e. The Morgan fingerprint density at radius 1 is 1.38 bits per heavy atom. The number of carbonyl (C=O) groups is 1. The van der Waals surface area contributed by atoms with Crippen molar-refractivity contribution in [3.8, 4) is 5.75 Å². The van der Waals surface area contributed by atoms with Crippen molar-refractivity contribution in [2.45, 2.75) is 12.6 Å². The number of ether oxygens (including phenoxy) is 3. The van der Waals surface area contributed by atoms with Gasteiger partial charge in [-0.05, 0) is 17.7 Å². The second-order valence-electron chi connectivity index (χ2n) is 4.89. The van der Waals surface area contributed by atoms with E-state index in [1.165, 1.54) is 7.11 Å². The van der Waals surface area contributed by atoms with E-state index in [0.717, 1.165) is 24.4 Å². The minimum absolute atomic E-state index is 0.505. The summed E-state index contributed by atoms with van der Waals surface area (Å²) in [5.41, 5.74) is 1.44. The molecule has 2 rings (SSSR count). The van der Waals surface area contributed by atoms with Gasteiger partial charge in [0.25, 0.3) is 0 Å². The fourth-order valence-corrected chi connectivity index (χ4v) is 2.34. The van der Waals surface area contributed by atoms with Crippen LogP contribution >= 0.6 is 0 Å². The topological polar surface area (TPSA) is 68.2 Å². The molecule has 0 aromatic heterocycles. The third-order valence-electron chi connectivity index (χ3n) is 3.54. The Balaban J connectivity index is 2.18. The molecule has 1 unspecified atom stereocenters. The summed E-state index contributed by atoms with van der Waals surface area (Å²) in [6.45, 7) is 3.83. The van der Waals surface area contributed by atoms with Crippen molar-refractivity contribution in [2.75, 3.05) is 40.5 Å². The number of nitrogens with zero attached hydrogens (tertiary/aromatic N) is 1. The van der Waals surface area contributed by atoms with Gasteiger partial charge < -0.3 is 19.3 Å². The van der Waals surface area contributed by atoms with Crippen molar-refractivity contribution in [1.82, 2.24) is 4.90 Å². The molecular formula is C15H21NO5. The maximum Gasteiger partial charge on any atom is 0.339 e. The first-order valence-electron chi connectivity index (χ1n) is 6.88. The molecule has 1 heterocycles. The molecule has 21 heavy (non-hydrogen) atoms. The predicted octanol–water partition coefficient (Wildman–Crippen LogP) is 0.734. The molecule has 1 fully saturated rings. The van der Waals surface area contributed by atoms with E-state index >= 15 is 0 Å². The number of benzene rings is 1. The Bertz CT molecular complexity index is 485. The van der Waals surface area contributed by atoms with Crippen LogP contribution in [-0.4, -0.2) is 56.5 Å². The molecule has 1 aliphatic heterocycles. The van der Waals surface area contributed by atoms with E-state index in [-0.39, 0.29) is 0 Å². The molecule has 0 amide bonds. The predicted molar refractivity (Wildman–Crippen MR) is 76.1 cm³/mol. The Morgan fingerprint density at radius 3 is 2.71 bits per heavy atom. The number of rotatable bonds is 5. The monoisotopic (exact) mass is 295 g/mol. The molecule has 0 radical (unpaired) electrons. The first-order chi connectivity index (χ1) is 10.2. The van der Waals surface area contributed by atoms with E-state index < -0.39 is 12.1 Å². The molecule has 1 aliphatic rings. The maximum atomic E-state index is 11.4. The molecule has 6 nitrogen and oxygen atoms in total. The van der Waals surface area contributed by atoms with Crippen LogP contribution in [0.15, 0.2) is 18.2 Å². The number of aliphatic hydroxyl groups excluding tert-OH is 1. The van der Waals surface area contributed by atoms with Gasteiger partial charge in [-0.2, -0.15) is 0 Å². The van der Waals surface area contributed by atoms with Gasteiger partial charge in [0, 0.05) is 25.2 Å². The van der Waals surface area contributed by atoms with Crippen LogP contribution in [0.25, 0.3) is 0 Å². The van der Waals surface area contributed by atoms with E-state index in [0.29, 0.717) is 25.3 Å². The summed E-state index contributed by atoms with van der Waals surface area (Å²) in [5, 5.41) is 9.93. The highest BCUT2D eigenvalue weighted by Gasteiger charge is 2.20. The number of carbonyl (C=O) groups excluding carboxylic acids is 1. The van der Waals surface area contributed by atoms with Gasteiger partial charge in [-0.3, -0.25) is 4.90 Å². The van der Waals surface area contributed by atoms with E-state index in [9.17, 15) is 9.90 Å². The Morgan fingerprint density at radius 2 is 2.10 bits per heavy atom. The molecule has 1 atom stereocenters. The number of morpholine rings is 1. The standard InChI is InChI=1S/C15H21NO5/c1-19-13-4-3-11(14(17)15(18)20-2)9-12(13)10-16-5-7-21-8-6-16/h3-4,9,14,17H,5-8,10H2,1-2H3. The van der Waals surface area contributed by atoms with Crippen LogP contribution in [-0.2, 0) is 20.8 Å². The highest BCUT2D eigenvalue weighted by molar-refractivity contribution is 5.76. The fraction of sp³-hybridized carbons (Fsp3) is 0.533. The lowest BCUT2D eigenvalue weighted by Gasteiger charge is -2.27. The SMILES string of the molecule is COC(=O)C(O)c1ccc(OC)c(CN2CCOCC2)c1. The van der Waals surface area contributed by atoms with Gasteiger partial charge >= 0.3 is 5.97 Å². The quantitative estimate of drug-likeness (QED) is 0.808. The van der Waals surface area contributed by atoms with Crippen molar-refractivity contribution in [3.05, 3.63) is 29.3 Å². The zero-order valence-electron chi connectivity index (χ0n) is 12.4. The van der Waals surface area contributed by atoms with Crippen LogP contribution in [0.2, 0.25) is 0 Å². The van der Waals surface area contributed by atoms with Crippen molar-refractivity contribution in [1.29, 1.82) is 0 Å². The highest BCUT2D eigenvalue weighted by atomic mass is 16.5. The van der Waals surface area contributed by atoms with Gasteiger partial charge in [-0.1, -0.05) is 6.07 Å². The van der Waals surface area contributed by atoms with Crippen molar-refractivity contribution in [2.24, 2.45) is 0 Å². The van der Waals surface area contributed by atoms with Crippen molar-refractivity contribution >= 4 is 5.97 Å². The molecule has 1 aromatic carbocycles. The normalized spacial score (nSPS) is 17.3. The molecule has 1 N–H and O–H groups in total. The zero-order valence-corrected chi connectivity index (χ0v) is 12.4. The third-order valence-corrected chi connectivity index (χ3v) is 3.54. The van der Waals surface area contributed by atoms with E-state index in [2.05, 4.69) is 9.64 Å². The number of methoxy groups -OCH3 is 2. The molecule has 1 aromatic rings. The van der Waals surface area contributed by atoms with Crippen LogP contribution in [0.5, 0.6) is 5.75 Å². The van der Waals surface area contributed by atoms with E-state index in [1.807, 2.05) is 0 Å². The van der Waals surface area contributed by atoms with Crippen LogP contribution in [0.4, 0.5) is 0 Å². The fourth-order valence-electron chi connectivity index (χ4n) is 2.34. The number of hydrogen-bond donors (Lipinski definition) is 1.